The third kappa shape index (κ3) is 5.21. The molecule has 0 aliphatic rings. The Hall–Kier alpha value is -0.840. The number of rotatable bonds is 7. The largest absolute Gasteiger partial charge is 0.497 e. The van der Waals surface area contributed by atoms with Crippen molar-refractivity contribution in [3.63, 3.8) is 0 Å². The lowest BCUT2D eigenvalue weighted by atomic mass is 10.2. The molecule has 0 fully saturated rings. The molecule has 1 heterocycles. The molecule has 1 atom stereocenters. The van der Waals surface area contributed by atoms with Gasteiger partial charge in [0.25, 0.3) is 0 Å². The number of aromatic nitrogens is 1. The summed E-state index contributed by atoms with van der Waals surface area (Å²) < 4.78 is 10.2. The van der Waals surface area contributed by atoms with Crippen LogP contribution < -0.4 is 4.74 Å². The van der Waals surface area contributed by atoms with Crippen molar-refractivity contribution in [2.45, 2.75) is 18.8 Å². The van der Waals surface area contributed by atoms with Gasteiger partial charge in [0.05, 0.1) is 24.8 Å². The van der Waals surface area contributed by atoms with Crippen LogP contribution in [0, 0.1) is 6.92 Å². The van der Waals surface area contributed by atoms with Crippen LogP contribution in [0.15, 0.2) is 12.1 Å². The molecule has 0 saturated carbocycles. The van der Waals surface area contributed by atoms with E-state index in [1.807, 2.05) is 26.1 Å². The van der Waals surface area contributed by atoms with Crippen LogP contribution >= 0.6 is 11.6 Å². The van der Waals surface area contributed by atoms with Crippen molar-refractivity contribution in [1.82, 2.24) is 9.88 Å². The average molecular weight is 273 g/mol. The lowest BCUT2D eigenvalue weighted by molar-refractivity contribution is 0.181. The van der Waals surface area contributed by atoms with E-state index in [-0.39, 0.29) is 5.38 Å². The predicted octanol–water partition coefficient (Wildman–Crippen LogP) is 2.08. The standard InChI is InChI=1S/C13H21ClN2O2/c1-10-5-13(18-4)6-12(15-10)8-16(2)7-11(14)9-17-3/h5-6,11H,7-9H2,1-4H3. The third-order valence-corrected chi connectivity index (χ3v) is 2.77. The van der Waals surface area contributed by atoms with Gasteiger partial charge in [0.2, 0.25) is 0 Å². The van der Waals surface area contributed by atoms with E-state index in [9.17, 15) is 0 Å². The summed E-state index contributed by atoms with van der Waals surface area (Å²) in [6.07, 6.45) is 0. The molecule has 0 saturated heterocycles. The summed E-state index contributed by atoms with van der Waals surface area (Å²) in [5.41, 5.74) is 1.94. The number of aryl methyl sites for hydroxylation is 1. The monoisotopic (exact) mass is 272 g/mol. The lowest BCUT2D eigenvalue weighted by Crippen LogP contribution is -2.28. The van der Waals surface area contributed by atoms with Crippen LogP contribution in [0.4, 0.5) is 0 Å². The van der Waals surface area contributed by atoms with Crippen LogP contribution in [-0.4, -0.2) is 49.7 Å². The number of pyridine rings is 1. The van der Waals surface area contributed by atoms with Crippen molar-refractivity contribution < 1.29 is 9.47 Å². The highest BCUT2D eigenvalue weighted by Crippen LogP contribution is 2.14. The number of ether oxygens (including phenoxy) is 2. The van der Waals surface area contributed by atoms with Crippen molar-refractivity contribution in [3.05, 3.63) is 23.5 Å². The normalized spacial score (nSPS) is 12.8. The minimum atomic E-state index is -0.00768. The molecule has 5 heteroatoms. The van der Waals surface area contributed by atoms with E-state index in [4.69, 9.17) is 21.1 Å². The zero-order valence-corrected chi connectivity index (χ0v) is 12.2. The van der Waals surface area contributed by atoms with Gasteiger partial charge < -0.3 is 9.47 Å². The zero-order chi connectivity index (χ0) is 13.5. The van der Waals surface area contributed by atoms with E-state index in [1.54, 1.807) is 14.2 Å². The summed E-state index contributed by atoms with van der Waals surface area (Å²) in [6.45, 7) is 4.01. The Bertz CT molecular complexity index is 374. The molecule has 102 valence electrons. The van der Waals surface area contributed by atoms with Gasteiger partial charge in [-0.3, -0.25) is 9.88 Å². The van der Waals surface area contributed by atoms with Crippen molar-refractivity contribution in [2.24, 2.45) is 0 Å². The fourth-order valence-electron chi connectivity index (χ4n) is 1.81. The molecule has 1 aromatic rings. The predicted molar refractivity (Wildman–Crippen MR) is 73.4 cm³/mol. The van der Waals surface area contributed by atoms with Gasteiger partial charge in [-0.15, -0.1) is 11.6 Å². The summed E-state index contributed by atoms with van der Waals surface area (Å²) in [6, 6.07) is 3.86. The molecule has 0 N–H and O–H groups in total. The van der Waals surface area contributed by atoms with Crippen LogP contribution in [0.1, 0.15) is 11.4 Å². The molecule has 1 aromatic heterocycles. The highest BCUT2D eigenvalue weighted by Gasteiger charge is 2.10. The molecular formula is C13H21ClN2O2. The molecule has 0 bridgehead atoms. The van der Waals surface area contributed by atoms with E-state index >= 15 is 0 Å². The number of nitrogens with zero attached hydrogens (tertiary/aromatic N) is 2. The maximum atomic E-state index is 6.12. The molecule has 0 aliphatic heterocycles. The highest BCUT2D eigenvalue weighted by molar-refractivity contribution is 6.20. The van der Waals surface area contributed by atoms with Gasteiger partial charge in [-0.1, -0.05) is 0 Å². The molecular weight excluding hydrogens is 252 g/mol. The third-order valence-electron chi connectivity index (χ3n) is 2.50. The van der Waals surface area contributed by atoms with Crippen molar-refractivity contribution in [1.29, 1.82) is 0 Å². The molecule has 0 radical (unpaired) electrons. The summed E-state index contributed by atoms with van der Waals surface area (Å²) in [5.74, 6) is 0.838. The topological polar surface area (TPSA) is 34.6 Å². The molecule has 1 unspecified atom stereocenters. The first-order valence-electron chi connectivity index (χ1n) is 5.88. The molecule has 0 aliphatic carbocycles. The molecule has 0 spiro atoms. The smallest absolute Gasteiger partial charge is 0.122 e. The Morgan fingerprint density at radius 1 is 1.39 bits per heavy atom. The van der Waals surface area contributed by atoms with Crippen molar-refractivity contribution >= 4 is 11.6 Å². The van der Waals surface area contributed by atoms with Gasteiger partial charge in [0, 0.05) is 38.0 Å². The number of alkyl halides is 1. The van der Waals surface area contributed by atoms with E-state index < -0.39 is 0 Å². The number of hydrogen-bond acceptors (Lipinski definition) is 4. The number of methoxy groups -OCH3 is 2. The van der Waals surface area contributed by atoms with Crippen LogP contribution in [0.3, 0.4) is 0 Å². The van der Waals surface area contributed by atoms with Crippen molar-refractivity contribution in [3.8, 4) is 5.75 Å². The summed E-state index contributed by atoms with van der Waals surface area (Å²) >= 11 is 6.12. The quantitative estimate of drug-likeness (QED) is 0.712. The lowest BCUT2D eigenvalue weighted by Gasteiger charge is -2.19. The Kier molecular flexibility index (Phi) is 6.39. The van der Waals surface area contributed by atoms with Gasteiger partial charge in [-0.2, -0.15) is 0 Å². The van der Waals surface area contributed by atoms with Crippen LogP contribution in [0.2, 0.25) is 0 Å². The Morgan fingerprint density at radius 2 is 2.11 bits per heavy atom. The Labute approximate surface area is 114 Å². The van der Waals surface area contributed by atoms with Gasteiger partial charge in [-0.05, 0) is 14.0 Å². The highest BCUT2D eigenvalue weighted by atomic mass is 35.5. The van der Waals surface area contributed by atoms with Gasteiger partial charge in [-0.25, -0.2) is 0 Å². The number of hydrogen-bond donors (Lipinski definition) is 0. The van der Waals surface area contributed by atoms with Gasteiger partial charge in [0.1, 0.15) is 5.75 Å². The Balaban J connectivity index is 2.58. The van der Waals surface area contributed by atoms with E-state index in [2.05, 4.69) is 9.88 Å². The number of halogens is 1. The first-order chi connectivity index (χ1) is 8.55. The maximum absolute atomic E-state index is 6.12. The minimum Gasteiger partial charge on any atom is -0.497 e. The van der Waals surface area contributed by atoms with Gasteiger partial charge >= 0.3 is 0 Å². The second-order valence-corrected chi connectivity index (χ2v) is 5.01. The Morgan fingerprint density at radius 3 is 2.72 bits per heavy atom. The molecule has 1 rings (SSSR count). The fourth-order valence-corrected chi connectivity index (χ4v) is 2.18. The zero-order valence-electron chi connectivity index (χ0n) is 11.4. The fraction of sp³-hybridized carbons (Fsp3) is 0.615. The molecule has 4 nitrogen and oxygen atoms in total. The van der Waals surface area contributed by atoms with Crippen LogP contribution in [0.5, 0.6) is 5.75 Å². The van der Waals surface area contributed by atoms with E-state index in [0.717, 1.165) is 30.2 Å². The first-order valence-corrected chi connectivity index (χ1v) is 6.32. The average Bonchev–Trinajstić information content (AvgIpc) is 2.27. The van der Waals surface area contributed by atoms with E-state index in [1.165, 1.54) is 0 Å². The van der Waals surface area contributed by atoms with Gasteiger partial charge in [0.15, 0.2) is 0 Å². The second kappa shape index (κ2) is 7.56. The van der Waals surface area contributed by atoms with E-state index in [0.29, 0.717) is 6.61 Å². The van der Waals surface area contributed by atoms with Crippen molar-refractivity contribution in [2.75, 3.05) is 34.4 Å². The summed E-state index contributed by atoms with van der Waals surface area (Å²) in [5, 5.41) is -0.00768. The SMILES string of the molecule is COCC(Cl)CN(C)Cc1cc(OC)cc(C)n1. The maximum Gasteiger partial charge on any atom is 0.122 e. The first kappa shape index (κ1) is 15.2. The van der Waals surface area contributed by atoms with Crippen LogP contribution in [0.25, 0.3) is 0 Å². The molecule has 0 aromatic carbocycles. The molecule has 18 heavy (non-hydrogen) atoms. The summed E-state index contributed by atoms with van der Waals surface area (Å²) in [7, 11) is 5.33. The minimum absolute atomic E-state index is 0.00768. The molecule has 0 amide bonds. The summed E-state index contributed by atoms with van der Waals surface area (Å²) in [4.78, 5) is 6.60. The van der Waals surface area contributed by atoms with Crippen LogP contribution in [-0.2, 0) is 11.3 Å². The second-order valence-electron chi connectivity index (χ2n) is 4.39.